The van der Waals surface area contributed by atoms with Crippen LogP contribution in [0, 0.1) is 5.92 Å². The first kappa shape index (κ1) is 14.6. The Hall–Kier alpha value is -1.32. The van der Waals surface area contributed by atoms with Crippen molar-refractivity contribution < 1.29 is 0 Å². The molecule has 1 aromatic carbocycles. The van der Waals surface area contributed by atoms with E-state index in [1.165, 1.54) is 41.4 Å². The number of aromatic amines is 1. The average molecular weight is 285 g/mol. The molecule has 0 aliphatic carbocycles. The molecule has 0 saturated carbocycles. The van der Waals surface area contributed by atoms with Crippen LogP contribution in [0.2, 0.25) is 0 Å². The maximum Gasteiger partial charge on any atom is 0.0489 e. The number of H-pyrrole nitrogens is 1. The molecule has 3 nitrogen and oxygen atoms in total. The van der Waals surface area contributed by atoms with Crippen LogP contribution in [0.1, 0.15) is 37.8 Å². The van der Waals surface area contributed by atoms with Gasteiger partial charge in [-0.2, -0.15) is 0 Å². The summed E-state index contributed by atoms with van der Waals surface area (Å²) < 4.78 is 0. The minimum Gasteiger partial charge on any atom is -0.361 e. The van der Waals surface area contributed by atoms with E-state index in [0.717, 1.165) is 19.5 Å². The molecule has 3 N–H and O–H groups in total. The van der Waals surface area contributed by atoms with Crippen LogP contribution in [0.4, 0.5) is 0 Å². The van der Waals surface area contributed by atoms with E-state index in [2.05, 4.69) is 48.1 Å². The van der Waals surface area contributed by atoms with Crippen LogP contribution in [0.25, 0.3) is 10.9 Å². The Morgan fingerprint density at radius 2 is 2.24 bits per heavy atom. The second-order valence-corrected chi connectivity index (χ2v) is 6.50. The molecule has 1 fully saturated rings. The van der Waals surface area contributed by atoms with Gasteiger partial charge in [0.15, 0.2) is 0 Å². The van der Waals surface area contributed by atoms with Crippen molar-refractivity contribution in [3.8, 4) is 0 Å². The normalized spacial score (nSPS) is 21.8. The van der Waals surface area contributed by atoms with Crippen molar-refractivity contribution in [1.82, 2.24) is 9.88 Å². The Bertz CT molecular complexity index is 600. The van der Waals surface area contributed by atoms with E-state index >= 15 is 0 Å². The minimum absolute atomic E-state index is 0.308. The molecule has 1 aliphatic rings. The maximum atomic E-state index is 6.10. The van der Waals surface area contributed by atoms with Crippen LogP contribution < -0.4 is 5.73 Å². The highest BCUT2D eigenvalue weighted by Crippen LogP contribution is 2.26. The predicted molar refractivity (Wildman–Crippen MR) is 89.3 cm³/mol. The second kappa shape index (κ2) is 6.20. The maximum absolute atomic E-state index is 6.10. The molecule has 2 aromatic rings. The standard InChI is InChI=1S/C18H27N3/c1-3-14-6-4-8-17-16(10-20-18(14)17)12-21-9-5-7-15(11-21)13(2)19/h4,6,8,10,13,15,20H,3,5,7,9,11-12,19H2,1-2H3. The number of nitrogens with two attached hydrogens (primary N) is 1. The van der Waals surface area contributed by atoms with Gasteiger partial charge in [0, 0.05) is 36.2 Å². The smallest absolute Gasteiger partial charge is 0.0489 e. The molecule has 3 heteroatoms. The topological polar surface area (TPSA) is 45.0 Å². The van der Waals surface area contributed by atoms with Crippen LogP contribution in [0.3, 0.4) is 0 Å². The van der Waals surface area contributed by atoms with Crippen molar-refractivity contribution in [3.63, 3.8) is 0 Å². The lowest BCUT2D eigenvalue weighted by Gasteiger charge is -2.34. The fraction of sp³-hybridized carbons (Fsp3) is 0.556. The van der Waals surface area contributed by atoms with Crippen molar-refractivity contribution in [1.29, 1.82) is 0 Å². The summed E-state index contributed by atoms with van der Waals surface area (Å²) in [7, 11) is 0. The van der Waals surface area contributed by atoms with Gasteiger partial charge in [-0.25, -0.2) is 0 Å². The zero-order chi connectivity index (χ0) is 14.8. The first-order chi connectivity index (χ1) is 10.2. The fourth-order valence-electron chi connectivity index (χ4n) is 3.61. The van der Waals surface area contributed by atoms with Crippen molar-refractivity contribution in [2.75, 3.05) is 13.1 Å². The van der Waals surface area contributed by atoms with Gasteiger partial charge in [-0.15, -0.1) is 0 Å². The number of piperidine rings is 1. The number of hydrogen-bond donors (Lipinski definition) is 2. The van der Waals surface area contributed by atoms with Gasteiger partial charge in [0.2, 0.25) is 0 Å². The molecule has 0 radical (unpaired) electrons. The van der Waals surface area contributed by atoms with Gasteiger partial charge >= 0.3 is 0 Å². The molecule has 2 heterocycles. The number of nitrogens with one attached hydrogen (secondary N) is 1. The van der Waals surface area contributed by atoms with Gasteiger partial charge in [0.1, 0.15) is 0 Å². The van der Waals surface area contributed by atoms with E-state index in [9.17, 15) is 0 Å². The number of benzene rings is 1. The lowest BCUT2D eigenvalue weighted by atomic mass is 9.92. The van der Waals surface area contributed by atoms with Crippen molar-refractivity contribution in [2.45, 2.75) is 45.7 Å². The largest absolute Gasteiger partial charge is 0.361 e. The number of rotatable bonds is 4. The van der Waals surface area contributed by atoms with Crippen LogP contribution in [0.5, 0.6) is 0 Å². The molecule has 3 rings (SSSR count). The number of aromatic nitrogens is 1. The Labute approximate surface area is 127 Å². The zero-order valence-corrected chi connectivity index (χ0v) is 13.2. The molecule has 2 unspecified atom stereocenters. The van der Waals surface area contributed by atoms with Gasteiger partial charge in [-0.05, 0) is 49.8 Å². The second-order valence-electron chi connectivity index (χ2n) is 6.50. The molecule has 2 atom stereocenters. The summed E-state index contributed by atoms with van der Waals surface area (Å²) in [6.45, 7) is 7.73. The van der Waals surface area contributed by atoms with Gasteiger partial charge in [0.05, 0.1) is 0 Å². The first-order valence-corrected chi connectivity index (χ1v) is 8.24. The molecule has 0 bridgehead atoms. The van der Waals surface area contributed by atoms with Gasteiger partial charge in [-0.1, -0.05) is 25.1 Å². The van der Waals surface area contributed by atoms with Crippen LogP contribution >= 0.6 is 0 Å². The number of likely N-dealkylation sites (tertiary alicyclic amines) is 1. The molecular formula is C18H27N3. The lowest BCUT2D eigenvalue weighted by molar-refractivity contribution is 0.155. The van der Waals surface area contributed by atoms with E-state index in [1.54, 1.807) is 0 Å². The molecule has 21 heavy (non-hydrogen) atoms. The van der Waals surface area contributed by atoms with E-state index in [1.807, 2.05) is 0 Å². The summed E-state index contributed by atoms with van der Waals surface area (Å²) >= 11 is 0. The highest BCUT2D eigenvalue weighted by atomic mass is 15.1. The zero-order valence-electron chi connectivity index (χ0n) is 13.2. The van der Waals surface area contributed by atoms with E-state index < -0.39 is 0 Å². The van der Waals surface area contributed by atoms with Gasteiger partial charge in [0.25, 0.3) is 0 Å². The monoisotopic (exact) mass is 285 g/mol. The Kier molecular flexibility index (Phi) is 4.32. The third-order valence-electron chi connectivity index (χ3n) is 4.95. The summed E-state index contributed by atoms with van der Waals surface area (Å²) in [6.07, 6.45) is 5.82. The number of nitrogens with zero attached hydrogens (tertiary/aromatic N) is 1. The lowest BCUT2D eigenvalue weighted by Crippen LogP contribution is -2.41. The summed E-state index contributed by atoms with van der Waals surface area (Å²) in [5, 5.41) is 1.39. The van der Waals surface area contributed by atoms with E-state index in [4.69, 9.17) is 5.73 Å². The minimum atomic E-state index is 0.308. The van der Waals surface area contributed by atoms with E-state index in [-0.39, 0.29) is 0 Å². The van der Waals surface area contributed by atoms with Gasteiger partial charge < -0.3 is 10.7 Å². The molecule has 0 amide bonds. The molecule has 1 aliphatic heterocycles. The fourth-order valence-corrected chi connectivity index (χ4v) is 3.61. The Morgan fingerprint density at radius 3 is 3.00 bits per heavy atom. The quantitative estimate of drug-likeness (QED) is 0.905. The average Bonchev–Trinajstić information content (AvgIpc) is 2.90. The summed E-state index contributed by atoms with van der Waals surface area (Å²) in [4.78, 5) is 6.05. The van der Waals surface area contributed by atoms with Crippen molar-refractivity contribution >= 4 is 10.9 Å². The van der Waals surface area contributed by atoms with E-state index in [0.29, 0.717) is 12.0 Å². The highest BCUT2D eigenvalue weighted by molar-refractivity contribution is 5.86. The summed E-state index contributed by atoms with van der Waals surface area (Å²) in [5.41, 5.74) is 10.2. The number of para-hydroxylation sites is 1. The van der Waals surface area contributed by atoms with Crippen molar-refractivity contribution in [3.05, 3.63) is 35.5 Å². The molecule has 1 saturated heterocycles. The molecule has 1 aromatic heterocycles. The molecular weight excluding hydrogens is 258 g/mol. The van der Waals surface area contributed by atoms with Gasteiger partial charge in [-0.3, -0.25) is 4.90 Å². The summed E-state index contributed by atoms with van der Waals surface area (Å²) in [6, 6.07) is 6.95. The number of fused-ring (bicyclic) bond motifs is 1. The van der Waals surface area contributed by atoms with Crippen LogP contribution in [-0.2, 0) is 13.0 Å². The third-order valence-corrected chi connectivity index (χ3v) is 4.95. The van der Waals surface area contributed by atoms with Crippen LogP contribution in [-0.4, -0.2) is 29.0 Å². The Morgan fingerprint density at radius 1 is 1.38 bits per heavy atom. The third kappa shape index (κ3) is 2.99. The summed E-state index contributed by atoms with van der Waals surface area (Å²) in [5.74, 6) is 0.648. The molecule has 114 valence electrons. The predicted octanol–water partition coefficient (Wildman–Crippen LogP) is 3.29. The Balaban J connectivity index is 1.79. The number of aryl methyl sites for hydroxylation is 1. The first-order valence-electron chi connectivity index (χ1n) is 8.24. The molecule has 0 spiro atoms. The van der Waals surface area contributed by atoms with Crippen molar-refractivity contribution in [2.24, 2.45) is 11.7 Å². The number of hydrogen-bond acceptors (Lipinski definition) is 2. The van der Waals surface area contributed by atoms with Crippen LogP contribution in [0.15, 0.2) is 24.4 Å². The SMILES string of the molecule is CCc1cccc2c(CN3CCCC(C(C)N)C3)c[nH]c12. The highest BCUT2D eigenvalue weighted by Gasteiger charge is 2.23.